The van der Waals surface area contributed by atoms with Gasteiger partial charge in [-0.2, -0.15) is 5.10 Å². The summed E-state index contributed by atoms with van der Waals surface area (Å²) >= 11 is 0. The van der Waals surface area contributed by atoms with Crippen molar-refractivity contribution in [3.05, 3.63) is 90.2 Å². The normalized spacial score (nSPS) is 17.1. The fourth-order valence-corrected chi connectivity index (χ4v) is 7.11. The first-order valence-electron chi connectivity index (χ1n) is 18.6. The van der Waals surface area contributed by atoms with Gasteiger partial charge in [-0.15, -0.1) is 0 Å². The molecule has 2 heterocycles. The first-order chi connectivity index (χ1) is 22.7. The second-order valence-corrected chi connectivity index (χ2v) is 14.5. The Bertz CT molecular complexity index is 1400. The summed E-state index contributed by atoms with van der Waals surface area (Å²) in [6.07, 6.45) is 24.8. The van der Waals surface area contributed by atoms with E-state index in [2.05, 4.69) is 98.7 Å². The summed E-state index contributed by atoms with van der Waals surface area (Å²) in [5.74, 6) is 2.40. The molecule has 47 heavy (non-hydrogen) atoms. The number of nitrogens with one attached hydrogen (secondary N) is 1. The Kier molecular flexibility index (Phi) is 14.2. The van der Waals surface area contributed by atoms with Gasteiger partial charge in [0, 0.05) is 48.5 Å². The highest BCUT2D eigenvalue weighted by molar-refractivity contribution is 5.66. The summed E-state index contributed by atoms with van der Waals surface area (Å²) < 4.78 is 1.99. The summed E-state index contributed by atoms with van der Waals surface area (Å²) in [6, 6.07) is 12.4. The van der Waals surface area contributed by atoms with E-state index in [9.17, 15) is 0 Å². The Morgan fingerprint density at radius 1 is 0.915 bits per heavy atom. The van der Waals surface area contributed by atoms with Crippen LogP contribution in [0.2, 0.25) is 0 Å². The molecule has 1 aromatic carbocycles. The van der Waals surface area contributed by atoms with E-state index in [1.165, 1.54) is 100 Å². The lowest BCUT2D eigenvalue weighted by molar-refractivity contribution is 0.365. The van der Waals surface area contributed by atoms with E-state index in [0.717, 1.165) is 41.0 Å². The van der Waals surface area contributed by atoms with Gasteiger partial charge in [-0.3, -0.25) is 4.68 Å². The molecule has 0 aliphatic heterocycles. The van der Waals surface area contributed by atoms with Crippen LogP contribution < -0.4 is 10.2 Å². The number of benzene rings is 1. The van der Waals surface area contributed by atoms with E-state index in [0.29, 0.717) is 12.0 Å². The Balaban J connectivity index is 0.000000184. The first kappa shape index (κ1) is 36.5. The Morgan fingerprint density at radius 2 is 1.60 bits per heavy atom. The van der Waals surface area contributed by atoms with Gasteiger partial charge >= 0.3 is 0 Å². The van der Waals surface area contributed by atoms with Crippen LogP contribution in [0.15, 0.2) is 73.5 Å². The van der Waals surface area contributed by atoms with Crippen molar-refractivity contribution in [2.75, 3.05) is 11.9 Å². The Morgan fingerprint density at radius 3 is 2.13 bits per heavy atom. The summed E-state index contributed by atoms with van der Waals surface area (Å²) in [7, 11) is 2.08. The number of aromatic nitrogens is 3. The SMILES string of the molecule is C=C(C)NC1CCC1.C=C(C1CCCCC1)N(C)c1cc(-c2cnn(C(C)C)c2)ccn1.CCc1ccc(C2CCCCC2)cc1C. The van der Waals surface area contributed by atoms with E-state index in [4.69, 9.17) is 0 Å². The van der Waals surface area contributed by atoms with Crippen molar-refractivity contribution in [1.82, 2.24) is 20.1 Å². The van der Waals surface area contributed by atoms with Gasteiger partial charge in [0.2, 0.25) is 0 Å². The lowest BCUT2D eigenvalue weighted by atomic mass is 9.83. The van der Waals surface area contributed by atoms with Crippen LogP contribution >= 0.6 is 0 Å². The number of aryl methyl sites for hydroxylation is 2. The molecule has 3 saturated carbocycles. The number of allylic oxidation sites excluding steroid dienone is 2. The number of hydrogen-bond donors (Lipinski definition) is 1. The highest BCUT2D eigenvalue weighted by Gasteiger charge is 2.21. The lowest BCUT2D eigenvalue weighted by Gasteiger charge is -2.30. The molecule has 3 aromatic rings. The van der Waals surface area contributed by atoms with E-state index < -0.39 is 0 Å². The third kappa shape index (κ3) is 10.8. The molecule has 5 nitrogen and oxygen atoms in total. The maximum absolute atomic E-state index is 4.56. The minimum Gasteiger partial charge on any atom is -0.386 e. The molecular formula is C42H63N5. The van der Waals surface area contributed by atoms with Gasteiger partial charge in [0.1, 0.15) is 5.82 Å². The molecule has 0 amide bonds. The van der Waals surface area contributed by atoms with Crippen LogP contribution in [0.1, 0.15) is 140 Å². The molecular weight excluding hydrogens is 574 g/mol. The third-order valence-electron chi connectivity index (χ3n) is 10.4. The van der Waals surface area contributed by atoms with Crippen molar-refractivity contribution in [2.24, 2.45) is 5.92 Å². The fourth-order valence-electron chi connectivity index (χ4n) is 7.11. The molecule has 0 radical (unpaired) electrons. The predicted octanol–water partition coefficient (Wildman–Crippen LogP) is 11.3. The standard InChI is InChI=1S/C20H28N4.C15H22.C7H13N/c1-15(2)24-14-19(13-22-24)18-10-11-21-20(12-18)23(4)16(3)17-8-6-5-7-9-17;1-3-13-9-10-15(11-12(13)2)14-7-5-4-6-8-14;1-6(2)8-7-4-3-5-7/h10-15,17H,3,5-9H2,1-2,4H3;9-11,14H,3-8H2,1-2H3;7-8H,1,3-5H2,2H3. The summed E-state index contributed by atoms with van der Waals surface area (Å²) in [5, 5.41) is 7.72. The minimum absolute atomic E-state index is 0.369. The largest absolute Gasteiger partial charge is 0.386 e. The van der Waals surface area contributed by atoms with Crippen molar-refractivity contribution in [3.63, 3.8) is 0 Å². The van der Waals surface area contributed by atoms with Crippen LogP contribution in [-0.4, -0.2) is 27.9 Å². The van der Waals surface area contributed by atoms with Crippen LogP contribution in [0.5, 0.6) is 0 Å². The number of anilines is 1. The number of rotatable bonds is 9. The van der Waals surface area contributed by atoms with Crippen molar-refractivity contribution < 1.29 is 0 Å². The molecule has 2 aromatic heterocycles. The Hall–Kier alpha value is -3.34. The zero-order valence-corrected chi connectivity index (χ0v) is 30.5. The second-order valence-electron chi connectivity index (χ2n) is 14.5. The zero-order chi connectivity index (χ0) is 33.8. The molecule has 1 N–H and O–H groups in total. The van der Waals surface area contributed by atoms with Crippen LogP contribution in [0.3, 0.4) is 0 Å². The highest BCUT2D eigenvalue weighted by atomic mass is 15.3. The van der Waals surface area contributed by atoms with Crippen LogP contribution in [0, 0.1) is 12.8 Å². The van der Waals surface area contributed by atoms with Crippen LogP contribution in [0.4, 0.5) is 5.82 Å². The van der Waals surface area contributed by atoms with Gasteiger partial charge in [-0.1, -0.05) is 76.8 Å². The fraction of sp³-hybridized carbons (Fsp3) is 0.571. The molecule has 3 aliphatic rings. The quantitative estimate of drug-likeness (QED) is 0.254. The van der Waals surface area contributed by atoms with E-state index >= 15 is 0 Å². The smallest absolute Gasteiger partial charge is 0.132 e. The van der Waals surface area contributed by atoms with E-state index in [1.807, 2.05) is 30.1 Å². The number of nitrogens with zero attached hydrogens (tertiary/aromatic N) is 4. The number of pyridine rings is 1. The molecule has 256 valence electrons. The van der Waals surface area contributed by atoms with Gasteiger partial charge in [0.25, 0.3) is 0 Å². The molecule has 6 rings (SSSR count). The molecule has 3 fully saturated rings. The third-order valence-corrected chi connectivity index (χ3v) is 10.4. The molecule has 0 atom stereocenters. The van der Waals surface area contributed by atoms with E-state index in [-0.39, 0.29) is 0 Å². The molecule has 3 aliphatic carbocycles. The van der Waals surface area contributed by atoms with Gasteiger partial charge < -0.3 is 10.2 Å². The predicted molar refractivity (Wildman–Crippen MR) is 202 cm³/mol. The van der Waals surface area contributed by atoms with Gasteiger partial charge in [0.15, 0.2) is 0 Å². The molecule has 0 bridgehead atoms. The average molecular weight is 638 g/mol. The van der Waals surface area contributed by atoms with Crippen LogP contribution in [0.25, 0.3) is 11.1 Å². The average Bonchev–Trinajstić information content (AvgIpc) is 3.58. The summed E-state index contributed by atoms with van der Waals surface area (Å²) in [4.78, 5) is 6.72. The molecule has 0 saturated heterocycles. The van der Waals surface area contributed by atoms with Gasteiger partial charge in [-0.05, 0) is 125 Å². The minimum atomic E-state index is 0.369. The summed E-state index contributed by atoms with van der Waals surface area (Å²) in [6.45, 7) is 18.9. The lowest BCUT2D eigenvalue weighted by Crippen LogP contribution is -2.33. The highest BCUT2D eigenvalue weighted by Crippen LogP contribution is 2.34. The summed E-state index contributed by atoms with van der Waals surface area (Å²) in [5.41, 5.74) is 9.16. The maximum atomic E-state index is 4.56. The number of hydrogen-bond acceptors (Lipinski definition) is 4. The first-order valence-corrected chi connectivity index (χ1v) is 18.6. The van der Waals surface area contributed by atoms with E-state index in [1.54, 1.807) is 5.56 Å². The molecule has 0 spiro atoms. The van der Waals surface area contributed by atoms with Crippen molar-refractivity contribution in [3.8, 4) is 11.1 Å². The topological polar surface area (TPSA) is 46.0 Å². The Labute approximate surface area is 287 Å². The monoisotopic (exact) mass is 638 g/mol. The molecule has 0 unspecified atom stereocenters. The van der Waals surface area contributed by atoms with Gasteiger partial charge in [-0.25, -0.2) is 4.98 Å². The van der Waals surface area contributed by atoms with Gasteiger partial charge in [0.05, 0.1) is 6.20 Å². The maximum Gasteiger partial charge on any atom is 0.132 e. The molecule has 5 heteroatoms. The second kappa shape index (κ2) is 18.3. The van der Waals surface area contributed by atoms with Crippen LogP contribution in [-0.2, 0) is 6.42 Å². The zero-order valence-electron chi connectivity index (χ0n) is 30.5. The van der Waals surface area contributed by atoms with Crippen molar-refractivity contribution in [2.45, 2.75) is 143 Å². The van der Waals surface area contributed by atoms with Crippen molar-refractivity contribution in [1.29, 1.82) is 0 Å². The van der Waals surface area contributed by atoms with Crippen molar-refractivity contribution >= 4 is 5.82 Å².